The molecule has 1 aromatic carbocycles. The van der Waals surface area contributed by atoms with Crippen molar-refractivity contribution in [3.8, 4) is 0 Å². The molecule has 7 heteroatoms. The van der Waals surface area contributed by atoms with E-state index in [0.29, 0.717) is 30.6 Å². The minimum atomic E-state index is -1.26. The number of carboxylic acid groups (broad SMARTS) is 2. The van der Waals surface area contributed by atoms with Crippen molar-refractivity contribution in [2.24, 2.45) is 0 Å². The predicted molar refractivity (Wildman–Crippen MR) is 90.1 cm³/mol. The Hall–Kier alpha value is -2.54. The Bertz CT molecular complexity index is 581. The van der Waals surface area contributed by atoms with Crippen molar-refractivity contribution in [3.05, 3.63) is 48.0 Å². The quantitative estimate of drug-likeness (QED) is 0.446. The van der Waals surface area contributed by atoms with Crippen LogP contribution in [-0.2, 0) is 9.59 Å². The maximum absolute atomic E-state index is 13.8. The number of hydrogen-bond donors (Lipinski definition) is 2. The Balaban J connectivity index is 0.000000333. The number of benzene rings is 1. The Labute approximate surface area is 145 Å². The Kier molecular flexibility index (Phi) is 9.10. The first-order valence-corrected chi connectivity index (χ1v) is 8.00. The normalized spacial score (nSPS) is 15.4. The highest BCUT2D eigenvalue weighted by atomic mass is 19.1. The maximum atomic E-state index is 13.8. The molecule has 0 spiro atoms. The second-order valence-electron chi connectivity index (χ2n) is 5.52. The molecule has 6 nitrogen and oxygen atoms in total. The molecule has 2 rings (SSSR count). The minimum absolute atomic E-state index is 0.0347. The van der Waals surface area contributed by atoms with Gasteiger partial charge in [0.1, 0.15) is 0 Å². The second-order valence-corrected chi connectivity index (χ2v) is 5.52. The third kappa shape index (κ3) is 8.76. The number of halogens is 1. The first-order valence-electron chi connectivity index (χ1n) is 8.00. The van der Waals surface area contributed by atoms with E-state index in [1.807, 2.05) is 23.1 Å². The van der Waals surface area contributed by atoms with Crippen LogP contribution in [0.25, 0.3) is 0 Å². The number of nitrogens with zero attached hydrogens (tertiary/aromatic N) is 1. The summed E-state index contributed by atoms with van der Waals surface area (Å²) < 4.78 is 13.8. The minimum Gasteiger partial charge on any atom is -0.478 e. The van der Waals surface area contributed by atoms with Crippen LogP contribution in [0.3, 0.4) is 0 Å². The van der Waals surface area contributed by atoms with Crippen LogP contribution < -0.4 is 0 Å². The number of Topliss-reactive ketones (excluding diaryl/α,β-unsaturated/α-hetero) is 1. The topological polar surface area (TPSA) is 94.9 Å². The zero-order chi connectivity index (χ0) is 18.7. The molecule has 0 bridgehead atoms. The highest BCUT2D eigenvalue weighted by Gasteiger charge is 2.21. The molecular weight excluding hydrogens is 329 g/mol. The fourth-order valence-electron chi connectivity index (χ4n) is 2.37. The molecule has 0 saturated carbocycles. The van der Waals surface area contributed by atoms with Gasteiger partial charge in [-0.1, -0.05) is 30.3 Å². The van der Waals surface area contributed by atoms with Crippen LogP contribution in [0.5, 0.6) is 0 Å². The molecule has 1 unspecified atom stereocenters. The van der Waals surface area contributed by atoms with Crippen molar-refractivity contribution in [1.29, 1.82) is 0 Å². The van der Waals surface area contributed by atoms with Gasteiger partial charge in [0.05, 0.1) is 0 Å². The van der Waals surface area contributed by atoms with E-state index >= 15 is 0 Å². The number of hydrogen-bond acceptors (Lipinski definition) is 4. The molecule has 0 amide bonds. The first kappa shape index (κ1) is 20.5. The number of ketones is 1. The Morgan fingerprint density at radius 1 is 1.04 bits per heavy atom. The molecule has 0 radical (unpaired) electrons. The molecule has 1 saturated heterocycles. The van der Waals surface area contributed by atoms with Crippen molar-refractivity contribution < 1.29 is 29.0 Å². The van der Waals surface area contributed by atoms with Gasteiger partial charge >= 0.3 is 11.9 Å². The summed E-state index contributed by atoms with van der Waals surface area (Å²) >= 11 is 0. The third-order valence-corrected chi connectivity index (χ3v) is 3.61. The first-order chi connectivity index (χ1) is 11.9. The van der Waals surface area contributed by atoms with E-state index in [9.17, 15) is 18.8 Å². The second kappa shape index (κ2) is 11.1. The summed E-state index contributed by atoms with van der Waals surface area (Å²) in [4.78, 5) is 32.7. The van der Waals surface area contributed by atoms with Gasteiger partial charge in [-0.05, 0) is 19.3 Å². The zero-order valence-corrected chi connectivity index (χ0v) is 13.8. The van der Waals surface area contributed by atoms with Gasteiger partial charge in [-0.2, -0.15) is 0 Å². The van der Waals surface area contributed by atoms with E-state index in [0.717, 1.165) is 25.9 Å². The fourth-order valence-corrected chi connectivity index (χ4v) is 2.37. The zero-order valence-electron chi connectivity index (χ0n) is 13.8. The highest BCUT2D eigenvalue weighted by Crippen LogP contribution is 2.17. The number of alkyl halides is 1. The smallest absolute Gasteiger partial charge is 0.328 e. The monoisotopic (exact) mass is 351 g/mol. The molecule has 2 N–H and O–H groups in total. The molecule has 1 fully saturated rings. The van der Waals surface area contributed by atoms with Gasteiger partial charge in [0.15, 0.2) is 12.1 Å². The summed E-state index contributed by atoms with van der Waals surface area (Å²) in [5, 5.41) is 15.6. The molecule has 1 heterocycles. The molecule has 0 aliphatic carbocycles. The lowest BCUT2D eigenvalue weighted by Crippen LogP contribution is -2.29. The average molecular weight is 351 g/mol. The lowest BCUT2D eigenvalue weighted by atomic mass is 10.1. The highest BCUT2D eigenvalue weighted by molar-refractivity contribution is 5.95. The Morgan fingerprint density at radius 2 is 1.56 bits per heavy atom. The van der Waals surface area contributed by atoms with Gasteiger partial charge in [0.25, 0.3) is 0 Å². The molecule has 1 atom stereocenters. The van der Waals surface area contributed by atoms with Crippen LogP contribution in [-0.4, -0.2) is 52.2 Å². The van der Waals surface area contributed by atoms with E-state index in [1.165, 1.54) is 0 Å². The molecule has 1 aliphatic heterocycles. The number of carbonyl (C=O) groups excluding carboxylic acids is 1. The number of carboxylic acids is 2. The molecule has 1 aliphatic rings. The van der Waals surface area contributed by atoms with Gasteiger partial charge < -0.3 is 10.2 Å². The Morgan fingerprint density at radius 3 is 2.04 bits per heavy atom. The van der Waals surface area contributed by atoms with Gasteiger partial charge in [0.2, 0.25) is 0 Å². The van der Waals surface area contributed by atoms with Gasteiger partial charge in [-0.25, -0.2) is 14.0 Å². The molecule has 25 heavy (non-hydrogen) atoms. The van der Waals surface area contributed by atoms with E-state index in [2.05, 4.69) is 0 Å². The molecule has 1 aromatic rings. The number of carbonyl (C=O) groups is 3. The van der Waals surface area contributed by atoms with Gasteiger partial charge in [0, 0.05) is 37.2 Å². The molecule has 0 aromatic heterocycles. The van der Waals surface area contributed by atoms with Crippen LogP contribution in [0.1, 0.15) is 36.0 Å². The summed E-state index contributed by atoms with van der Waals surface area (Å²) in [6.07, 6.45) is 2.92. The van der Waals surface area contributed by atoms with Crippen LogP contribution in [0.2, 0.25) is 0 Å². The molecule has 136 valence electrons. The summed E-state index contributed by atoms with van der Waals surface area (Å²) in [5.74, 6) is -2.48. The van der Waals surface area contributed by atoms with E-state index in [-0.39, 0.29) is 5.78 Å². The summed E-state index contributed by atoms with van der Waals surface area (Å²) in [5.41, 5.74) is 0.682. The van der Waals surface area contributed by atoms with Crippen molar-refractivity contribution >= 4 is 17.7 Å². The van der Waals surface area contributed by atoms with E-state index in [4.69, 9.17) is 10.2 Å². The number of rotatable bonds is 7. The van der Waals surface area contributed by atoms with Crippen molar-refractivity contribution in [3.63, 3.8) is 0 Å². The van der Waals surface area contributed by atoms with Crippen LogP contribution in [0.15, 0.2) is 42.5 Å². The van der Waals surface area contributed by atoms with Gasteiger partial charge in [-0.15, -0.1) is 0 Å². The predicted octanol–water partition coefficient (Wildman–Crippen LogP) is 2.75. The number of aliphatic carboxylic acids is 2. The summed E-state index contributed by atoms with van der Waals surface area (Å²) in [7, 11) is 0. The van der Waals surface area contributed by atoms with Gasteiger partial charge in [-0.3, -0.25) is 9.69 Å². The van der Waals surface area contributed by atoms with E-state index < -0.39 is 18.2 Å². The summed E-state index contributed by atoms with van der Waals surface area (Å²) in [6.45, 7) is 1.67. The third-order valence-electron chi connectivity index (χ3n) is 3.61. The standard InChI is InChI=1S/C14H18FNO.C4H4O4/c15-14(16-10-4-5-11-16)9-8-13(17)12-6-2-1-3-7-12;5-3(6)1-2-4(7)8/h1-3,6-7,14H,4-5,8-11H2;1-2H,(H,5,6)(H,7,8). The lowest BCUT2D eigenvalue weighted by molar-refractivity contribution is -0.134. The molecular formula is C18H22FNO5. The fraction of sp³-hybridized carbons (Fsp3) is 0.389. The van der Waals surface area contributed by atoms with Crippen molar-refractivity contribution in [2.75, 3.05) is 13.1 Å². The average Bonchev–Trinajstić information content (AvgIpc) is 3.13. The van der Waals surface area contributed by atoms with E-state index in [1.54, 1.807) is 12.1 Å². The largest absolute Gasteiger partial charge is 0.478 e. The SMILES string of the molecule is O=C(CCC(F)N1CCCC1)c1ccccc1.O=C(O)C=CC(=O)O. The summed E-state index contributed by atoms with van der Waals surface area (Å²) in [6, 6.07) is 9.11. The van der Waals surface area contributed by atoms with Crippen LogP contribution in [0, 0.1) is 0 Å². The van der Waals surface area contributed by atoms with Crippen LogP contribution in [0.4, 0.5) is 4.39 Å². The maximum Gasteiger partial charge on any atom is 0.328 e. The van der Waals surface area contributed by atoms with Crippen molar-refractivity contribution in [2.45, 2.75) is 32.0 Å². The van der Waals surface area contributed by atoms with Crippen LogP contribution >= 0.6 is 0 Å². The number of likely N-dealkylation sites (tertiary alicyclic amines) is 1. The lowest BCUT2D eigenvalue weighted by Gasteiger charge is -2.19. The van der Waals surface area contributed by atoms with Crippen molar-refractivity contribution in [1.82, 2.24) is 4.90 Å².